The van der Waals surface area contributed by atoms with E-state index in [2.05, 4.69) is 62.4 Å². The van der Waals surface area contributed by atoms with Crippen molar-refractivity contribution in [3.05, 3.63) is 65.2 Å². The Labute approximate surface area is 104 Å². The second kappa shape index (κ2) is 5.34. The van der Waals surface area contributed by atoms with Crippen molar-refractivity contribution in [2.75, 3.05) is 0 Å². The van der Waals surface area contributed by atoms with Gasteiger partial charge in [0.15, 0.2) is 0 Å². The van der Waals surface area contributed by atoms with Gasteiger partial charge in [-0.05, 0) is 0 Å². The second-order valence-corrected chi connectivity index (χ2v) is 6.30. The third-order valence-corrected chi connectivity index (χ3v) is 4.64. The van der Waals surface area contributed by atoms with Crippen molar-refractivity contribution in [2.24, 2.45) is 0 Å². The normalized spacial score (nSPS) is 10.4. The molecule has 0 atom stereocenters. The van der Waals surface area contributed by atoms with Gasteiger partial charge in [-0.15, -0.1) is 0 Å². The van der Waals surface area contributed by atoms with Gasteiger partial charge in [0.2, 0.25) is 0 Å². The summed E-state index contributed by atoms with van der Waals surface area (Å²) in [6.45, 7) is 4.35. The first-order valence-corrected chi connectivity index (χ1v) is 7.56. The van der Waals surface area contributed by atoms with E-state index in [1.54, 1.807) is 0 Å². The maximum absolute atomic E-state index is 2.32. The van der Waals surface area contributed by atoms with Crippen LogP contribution in [0.15, 0.2) is 48.5 Å². The molecule has 16 heavy (non-hydrogen) atoms. The Morgan fingerprint density at radius 3 is 2.12 bits per heavy atom. The van der Waals surface area contributed by atoms with E-state index in [4.69, 9.17) is 0 Å². The van der Waals surface area contributed by atoms with E-state index < -0.39 is 0 Å². The SMILES string of the molecule is Cc1cc(C)cc([Se]Cc2ccccc2)c1. The summed E-state index contributed by atoms with van der Waals surface area (Å²) in [6.07, 6.45) is 0. The molecule has 0 N–H and O–H groups in total. The zero-order valence-corrected chi connectivity index (χ0v) is 11.4. The van der Waals surface area contributed by atoms with Gasteiger partial charge >= 0.3 is 104 Å². The predicted octanol–water partition coefficient (Wildman–Crippen LogP) is 2.83. The van der Waals surface area contributed by atoms with Gasteiger partial charge in [0.05, 0.1) is 0 Å². The van der Waals surface area contributed by atoms with E-state index in [0.717, 1.165) is 0 Å². The Kier molecular flexibility index (Phi) is 3.82. The third kappa shape index (κ3) is 3.23. The average Bonchev–Trinajstić information content (AvgIpc) is 2.27. The van der Waals surface area contributed by atoms with Gasteiger partial charge in [-0.3, -0.25) is 0 Å². The molecule has 0 spiro atoms. The Morgan fingerprint density at radius 2 is 1.50 bits per heavy atom. The molecule has 0 aromatic heterocycles. The summed E-state index contributed by atoms with van der Waals surface area (Å²) in [4.78, 5) is 0. The molecular weight excluding hydrogens is 259 g/mol. The number of hydrogen-bond donors (Lipinski definition) is 0. The molecule has 0 radical (unpaired) electrons. The zero-order valence-electron chi connectivity index (χ0n) is 9.73. The summed E-state index contributed by atoms with van der Waals surface area (Å²) in [5.74, 6) is 0. The third-order valence-electron chi connectivity index (χ3n) is 2.44. The van der Waals surface area contributed by atoms with Gasteiger partial charge in [0, 0.05) is 0 Å². The maximum atomic E-state index is 2.32. The summed E-state index contributed by atoms with van der Waals surface area (Å²) in [5, 5.41) is 1.19. The van der Waals surface area contributed by atoms with Crippen molar-refractivity contribution in [3.63, 3.8) is 0 Å². The molecule has 0 nitrogen and oxygen atoms in total. The fourth-order valence-electron chi connectivity index (χ4n) is 1.76. The Bertz CT molecular complexity index is 440. The van der Waals surface area contributed by atoms with Crippen molar-refractivity contribution in [1.29, 1.82) is 0 Å². The molecule has 0 fully saturated rings. The zero-order chi connectivity index (χ0) is 11.4. The van der Waals surface area contributed by atoms with Crippen LogP contribution in [0.4, 0.5) is 0 Å². The molecule has 0 heterocycles. The monoisotopic (exact) mass is 276 g/mol. The topological polar surface area (TPSA) is 0 Å². The first-order chi connectivity index (χ1) is 7.74. The van der Waals surface area contributed by atoms with Crippen LogP contribution in [-0.4, -0.2) is 15.0 Å². The predicted molar refractivity (Wildman–Crippen MR) is 71.5 cm³/mol. The van der Waals surface area contributed by atoms with E-state index in [9.17, 15) is 0 Å². The van der Waals surface area contributed by atoms with E-state index in [1.165, 1.54) is 26.5 Å². The molecule has 0 aliphatic carbocycles. The van der Waals surface area contributed by atoms with E-state index in [-0.39, 0.29) is 0 Å². The average molecular weight is 275 g/mol. The Balaban J connectivity index is 2.05. The molecule has 1 heteroatoms. The summed E-state index contributed by atoms with van der Waals surface area (Å²) < 4.78 is 1.51. The van der Waals surface area contributed by atoms with Crippen molar-refractivity contribution < 1.29 is 0 Å². The summed E-state index contributed by atoms with van der Waals surface area (Å²) >= 11 is 0.554. The van der Waals surface area contributed by atoms with Gasteiger partial charge in [0.1, 0.15) is 0 Å². The van der Waals surface area contributed by atoms with Crippen LogP contribution in [0.3, 0.4) is 0 Å². The molecule has 0 saturated carbocycles. The van der Waals surface area contributed by atoms with E-state index in [1.807, 2.05) is 0 Å². The number of hydrogen-bond acceptors (Lipinski definition) is 0. The first kappa shape index (κ1) is 11.4. The summed E-state index contributed by atoms with van der Waals surface area (Å²) in [7, 11) is 0. The second-order valence-electron chi connectivity index (χ2n) is 4.10. The molecular formula is C15H16Se. The van der Waals surface area contributed by atoms with Gasteiger partial charge in [-0.25, -0.2) is 0 Å². The van der Waals surface area contributed by atoms with Gasteiger partial charge in [-0.1, -0.05) is 0 Å². The number of aryl methyl sites for hydroxylation is 2. The molecule has 0 amide bonds. The molecule has 0 aliphatic rings. The molecule has 0 bridgehead atoms. The van der Waals surface area contributed by atoms with E-state index >= 15 is 0 Å². The van der Waals surface area contributed by atoms with Crippen LogP contribution >= 0.6 is 0 Å². The molecule has 0 saturated heterocycles. The Hall–Kier alpha value is -1.04. The first-order valence-electron chi connectivity index (χ1n) is 5.49. The van der Waals surface area contributed by atoms with Crippen LogP contribution in [0, 0.1) is 13.8 Å². The van der Waals surface area contributed by atoms with Crippen molar-refractivity contribution in [3.8, 4) is 0 Å². The van der Waals surface area contributed by atoms with Crippen LogP contribution in [0.2, 0.25) is 0 Å². The van der Waals surface area contributed by atoms with E-state index in [0.29, 0.717) is 15.0 Å². The minimum atomic E-state index is 0.554. The standard InChI is InChI=1S/C15H16Se/c1-12-8-13(2)10-15(9-12)16-11-14-6-4-3-5-7-14/h3-10H,11H2,1-2H3. The minimum absolute atomic E-state index is 0.554. The molecule has 82 valence electrons. The van der Waals surface area contributed by atoms with Gasteiger partial charge < -0.3 is 0 Å². The fourth-order valence-corrected chi connectivity index (χ4v) is 3.99. The van der Waals surface area contributed by atoms with Crippen molar-refractivity contribution in [2.45, 2.75) is 19.2 Å². The van der Waals surface area contributed by atoms with Crippen molar-refractivity contribution >= 4 is 19.4 Å². The van der Waals surface area contributed by atoms with Crippen molar-refractivity contribution in [1.82, 2.24) is 0 Å². The molecule has 0 unspecified atom stereocenters. The van der Waals surface area contributed by atoms with Crippen LogP contribution in [0.1, 0.15) is 16.7 Å². The van der Waals surface area contributed by atoms with Crippen LogP contribution in [0.5, 0.6) is 0 Å². The van der Waals surface area contributed by atoms with Gasteiger partial charge in [0.25, 0.3) is 0 Å². The molecule has 2 aromatic rings. The Morgan fingerprint density at radius 1 is 0.875 bits per heavy atom. The fraction of sp³-hybridized carbons (Fsp3) is 0.200. The molecule has 2 aromatic carbocycles. The summed E-state index contributed by atoms with van der Waals surface area (Å²) in [6, 6.07) is 17.6. The van der Waals surface area contributed by atoms with Crippen LogP contribution < -0.4 is 4.46 Å². The van der Waals surface area contributed by atoms with Gasteiger partial charge in [-0.2, -0.15) is 0 Å². The van der Waals surface area contributed by atoms with Crippen LogP contribution in [0.25, 0.3) is 0 Å². The molecule has 2 rings (SSSR count). The number of benzene rings is 2. The quantitative estimate of drug-likeness (QED) is 0.756. The number of rotatable bonds is 3. The summed E-state index contributed by atoms with van der Waals surface area (Å²) in [5.41, 5.74) is 4.21. The van der Waals surface area contributed by atoms with Crippen LogP contribution in [-0.2, 0) is 5.32 Å². The molecule has 0 aliphatic heterocycles.